The predicted octanol–water partition coefficient (Wildman–Crippen LogP) is 4.25. The van der Waals surface area contributed by atoms with E-state index in [4.69, 9.17) is 8.85 Å². The molecule has 0 unspecified atom stereocenters. The Morgan fingerprint density at radius 1 is 0.812 bits per heavy atom. The van der Waals surface area contributed by atoms with Crippen molar-refractivity contribution in [2.75, 3.05) is 14.2 Å². The van der Waals surface area contributed by atoms with Gasteiger partial charge in [0, 0.05) is 14.2 Å². The fourth-order valence-corrected chi connectivity index (χ4v) is 4.22. The molecular formula is C12H29FO2Si. The van der Waals surface area contributed by atoms with E-state index in [-0.39, 0.29) is 4.70 Å². The van der Waals surface area contributed by atoms with Crippen LogP contribution in [0.15, 0.2) is 0 Å². The molecule has 0 atom stereocenters. The van der Waals surface area contributed by atoms with Gasteiger partial charge in [0.1, 0.15) is 0 Å². The van der Waals surface area contributed by atoms with E-state index in [9.17, 15) is 0 Å². The molecule has 0 bridgehead atoms. The Kier molecular flexibility index (Phi) is 13.3. The third kappa shape index (κ3) is 7.36. The average molecular weight is 252 g/mol. The number of hydrogen-bond acceptors (Lipinski definition) is 2. The molecule has 0 aliphatic heterocycles. The molecule has 2 nitrogen and oxygen atoms in total. The molecule has 0 aliphatic carbocycles. The van der Waals surface area contributed by atoms with Crippen molar-refractivity contribution in [2.45, 2.75) is 64.5 Å². The summed E-state index contributed by atoms with van der Waals surface area (Å²) in [5.74, 6) is 0. The maximum Gasteiger partial charge on any atom is 0.337 e. The molecule has 0 N–H and O–H groups in total. The predicted molar refractivity (Wildman–Crippen MR) is 70.9 cm³/mol. The third-order valence-electron chi connectivity index (χ3n) is 3.19. The van der Waals surface area contributed by atoms with Crippen LogP contribution in [0.2, 0.25) is 12.1 Å². The maximum absolute atomic E-state index is 5.58. The highest BCUT2D eigenvalue weighted by molar-refractivity contribution is 6.67. The lowest BCUT2D eigenvalue weighted by Gasteiger charge is -2.25. The van der Waals surface area contributed by atoms with E-state index in [2.05, 4.69) is 13.8 Å². The van der Waals surface area contributed by atoms with E-state index >= 15 is 0 Å². The van der Waals surface area contributed by atoms with Gasteiger partial charge >= 0.3 is 8.56 Å². The van der Waals surface area contributed by atoms with E-state index in [0.717, 1.165) is 12.1 Å². The first-order valence-corrected chi connectivity index (χ1v) is 8.58. The van der Waals surface area contributed by atoms with Crippen LogP contribution in [0.25, 0.3) is 0 Å². The van der Waals surface area contributed by atoms with Gasteiger partial charge in [-0.3, -0.25) is 4.70 Å². The maximum atomic E-state index is 5.58. The van der Waals surface area contributed by atoms with Crippen LogP contribution in [0.5, 0.6) is 0 Å². The van der Waals surface area contributed by atoms with Crippen LogP contribution in [-0.2, 0) is 8.85 Å². The fraction of sp³-hybridized carbons (Fsp3) is 1.00. The summed E-state index contributed by atoms with van der Waals surface area (Å²) < 4.78 is 11.2. The Balaban J connectivity index is 0. The molecule has 0 heterocycles. The smallest absolute Gasteiger partial charge is 0.337 e. The van der Waals surface area contributed by atoms with Crippen LogP contribution in [-0.4, -0.2) is 22.8 Å². The molecule has 0 rings (SSSR count). The highest BCUT2D eigenvalue weighted by Gasteiger charge is 2.32. The number of rotatable bonds is 10. The molecule has 0 aromatic heterocycles. The zero-order chi connectivity index (χ0) is 11.6. The van der Waals surface area contributed by atoms with Gasteiger partial charge in [-0.25, -0.2) is 0 Å². The molecule has 0 saturated carbocycles. The molecular weight excluding hydrogens is 223 g/mol. The molecule has 0 spiro atoms. The summed E-state index contributed by atoms with van der Waals surface area (Å²) in [4.78, 5) is 0. The molecule has 0 amide bonds. The van der Waals surface area contributed by atoms with Gasteiger partial charge in [-0.1, -0.05) is 52.4 Å². The van der Waals surface area contributed by atoms with Crippen molar-refractivity contribution in [3.63, 3.8) is 0 Å². The van der Waals surface area contributed by atoms with Crippen molar-refractivity contribution in [1.29, 1.82) is 0 Å². The van der Waals surface area contributed by atoms with Gasteiger partial charge in [-0.05, 0) is 12.1 Å². The SMILES string of the molecule is CCCCCCCC[Si](CC)(OC)OC.F. The van der Waals surface area contributed by atoms with Crippen LogP contribution >= 0.6 is 0 Å². The van der Waals surface area contributed by atoms with Gasteiger partial charge in [-0.2, -0.15) is 0 Å². The van der Waals surface area contributed by atoms with Gasteiger partial charge in [-0.15, -0.1) is 0 Å². The monoisotopic (exact) mass is 252 g/mol. The topological polar surface area (TPSA) is 18.5 Å². The van der Waals surface area contributed by atoms with Crippen LogP contribution in [0.3, 0.4) is 0 Å². The molecule has 100 valence electrons. The molecule has 0 saturated heterocycles. The summed E-state index contributed by atoms with van der Waals surface area (Å²) in [6.45, 7) is 4.43. The summed E-state index contributed by atoms with van der Waals surface area (Å²) in [5, 5.41) is 0. The fourth-order valence-electron chi connectivity index (χ4n) is 1.93. The van der Waals surface area contributed by atoms with Crippen LogP contribution in [0.4, 0.5) is 4.70 Å². The van der Waals surface area contributed by atoms with Crippen LogP contribution in [0, 0.1) is 0 Å². The lowest BCUT2D eigenvalue weighted by Crippen LogP contribution is -2.38. The van der Waals surface area contributed by atoms with Gasteiger partial charge in [0.2, 0.25) is 0 Å². The Hall–Kier alpha value is 0.0669. The number of halogens is 1. The number of hydrogen-bond donors (Lipinski definition) is 0. The molecule has 0 radical (unpaired) electrons. The Labute approximate surface area is 101 Å². The van der Waals surface area contributed by atoms with Gasteiger partial charge in [0.15, 0.2) is 0 Å². The highest BCUT2D eigenvalue weighted by Crippen LogP contribution is 2.21. The highest BCUT2D eigenvalue weighted by atomic mass is 28.4. The van der Waals surface area contributed by atoms with Crippen molar-refractivity contribution in [3.8, 4) is 0 Å². The van der Waals surface area contributed by atoms with E-state index in [1.807, 2.05) is 0 Å². The summed E-state index contributed by atoms with van der Waals surface area (Å²) >= 11 is 0. The minimum Gasteiger partial charge on any atom is -0.398 e. The largest absolute Gasteiger partial charge is 0.398 e. The molecule has 0 aromatic rings. The minimum absolute atomic E-state index is 0. The second kappa shape index (κ2) is 11.5. The summed E-state index contributed by atoms with van der Waals surface area (Å²) in [6, 6.07) is 2.22. The first-order chi connectivity index (χ1) is 7.24. The Morgan fingerprint density at radius 2 is 1.31 bits per heavy atom. The average Bonchev–Trinajstić information content (AvgIpc) is 2.29. The molecule has 4 heteroatoms. The van der Waals surface area contributed by atoms with Gasteiger partial charge in [0.25, 0.3) is 0 Å². The summed E-state index contributed by atoms with van der Waals surface area (Å²) in [6.07, 6.45) is 8.06. The molecule has 0 aromatic carbocycles. The van der Waals surface area contributed by atoms with Gasteiger partial charge in [0.05, 0.1) is 0 Å². The first kappa shape index (κ1) is 18.4. The normalized spacial score (nSPS) is 11.2. The molecule has 0 aliphatic rings. The summed E-state index contributed by atoms with van der Waals surface area (Å²) in [5.41, 5.74) is 0. The van der Waals surface area contributed by atoms with E-state index in [0.29, 0.717) is 0 Å². The van der Waals surface area contributed by atoms with Crippen molar-refractivity contribution in [3.05, 3.63) is 0 Å². The van der Waals surface area contributed by atoms with Crippen molar-refractivity contribution < 1.29 is 13.6 Å². The lowest BCUT2D eigenvalue weighted by atomic mass is 10.1. The molecule has 16 heavy (non-hydrogen) atoms. The Morgan fingerprint density at radius 3 is 1.75 bits per heavy atom. The third-order valence-corrected chi connectivity index (χ3v) is 6.87. The quantitative estimate of drug-likeness (QED) is 0.427. The van der Waals surface area contributed by atoms with E-state index < -0.39 is 8.56 Å². The lowest BCUT2D eigenvalue weighted by molar-refractivity contribution is 0.241. The van der Waals surface area contributed by atoms with E-state index in [1.165, 1.54) is 38.5 Å². The standard InChI is InChI=1S/C12H28O2Si.FH/c1-5-7-8-9-10-11-12-15(6-2,13-3)14-4;/h5-12H2,1-4H3;1H. The second-order valence-corrected chi connectivity index (χ2v) is 8.04. The first-order valence-electron chi connectivity index (χ1n) is 6.35. The molecule has 0 fully saturated rings. The van der Waals surface area contributed by atoms with Crippen LogP contribution in [0.1, 0.15) is 52.4 Å². The van der Waals surface area contributed by atoms with Crippen molar-refractivity contribution in [2.24, 2.45) is 0 Å². The zero-order valence-corrected chi connectivity index (χ0v) is 12.4. The van der Waals surface area contributed by atoms with Crippen LogP contribution < -0.4 is 0 Å². The van der Waals surface area contributed by atoms with E-state index in [1.54, 1.807) is 14.2 Å². The Bertz CT molecular complexity index is 133. The zero-order valence-electron chi connectivity index (χ0n) is 11.4. The summed E-state index contributed by atoms with van der Waals surface area (Å²) in [7, 11) is 1.82. The van der Waals surface area contributed by atoms with Gasteiger partial charge < -0.3 is 8.85 Å². The van der Waals surface area contributed by atoms with Crippen molar-refractivity contribution >= 4 is 8.56 Å². The van der Waals surface area contributed by atoms with Crippen molar-refractivity contribution in [1.82, 2.24) is 0 Å². The second-order valence-electron chi connectivity index (χ2n) is 4.19. The number of unbranched alkanes of at least 4 members (excludes halogenated alkanes) is 5. The minimum atomic E-state index is -1.79.